The molecule has 0 atom stereocenters. The molecule has 0 bridgehead atoms. The molecule has 1 aromatic heterocycles. The third kappa shape index (κ3) is 5.28. The van der Waals surface area contributed by atoms with Crippen LogP contribution in [0.25, 0.3) is 11.5 Å². The van der Waals surface area contributed by atoms with E-state index in [4.69, 9.17) is 9.15 Å². The van der Waals surface area contributed by atoms with Crippen LogP contribution in [0.4, 0.5) is 5.69 Å². The lowest BCUT2D eigenvalue weighted by Crippen LogP contribution is -2.40. The van der Waals surface area contributed by atoms with Gasteiger partial charge in [-0.25, -0.2) is 0 Å². The monoisotopic (exact) mass is 420 g/mol. The van der Waals surface area contributed by atoms with Crippen LogP contribution in [0.1, 0.15) is 25.7 Å². The normalized spacial score (nSPS) is 14.3. The fourth-order valence-corrected chi connectivity index (χ4v) is 3.49. The first-order chi connectivity index (χ1) is 15.1. The largest absolute Gasteiger partial charge is 0.484 e. The number of carbonyl (C=O) groups is 2. The van der Waals surface area contributed by atoms with Crippen molar-refractivity contribution in [2.45, 2.75) is 26.4 Å². The lowest BCUT2D eigenvalue weighted by Gasteiger charge is -2.30. The molecular weight excluding hydrogens is 396 g/mol. The van der Waals surface area contributed by atoms with Crippen LogP contribution in [-0.2, 0) is 16.2 Å². The Bertz CT molecular complexity index is 1030. The minimum Gasteiger partial charge on any atom is -0.484 e. The molecule has 0 spiro atoms. The molecule has 0 aliphatic carbocycles. The average molecular weight is 420 g/mol. The number of anilines is 1. The van der Waals surface area contributed by atoms with Crippen LogP contribution in [0.5, 0.6) is 5.75 Å². The molecule has 3 aromatic rings. The van der Waals surface area contributed by atoms with E-state index in [1.807, 2.05) is 30.3 Å². The molecule has 0 saturated carbocycles. The first kappa shape index (κ1) is 20.6. The Morgan fingerprint density at radius 1 is 1.06 bits per heavy atom. The number of ether oxygens (including phenoxy) is 1. The van der Waals surface area contributed by atoms with Gasteiger partial charge in [0.2, 0.25) is 17.7 Å². The number of nitrogens with zero attached hydrogens (tertiary/aromatic N) is 3. The predicted molar refractivity (Wildman–Crippen MR) is 114 cm³/mol. The number of benzene rings is 2. The van der Waals surface area contributed by atoms with Gasteiger partial charge in [0.25, 0.3) is 5.89 Å². The van der Waals surface area contributed by atoms with Crippen molar-refractivity contribution in [1.29, 1.82) is 0 Å². The van der Waals surface area contributed by atoms with Gasteiger partial charge >= 0.3 is 0 Å². The molecule has 31 heavy (non-hydrogen) atoms. The van der Waals surface area contributed by atoms with E-state index in [0.29, 0.717) is 49.1 Å². The summed E-state index contributed by atoms with van der Waals surface area (Å²) in [5.41, 5.74) is 1.56. The molecule has 1 aliphatic heterocycles. The highest BCUT2D eigenvalue weighted by atomic mass is 16.5. The minimum atomic E-state index is -0.0807. The van der Waals surface area contributed by atoms with Crippen molar-refractivity contribution in [3.63, 3.8) is 0 Å². The number of amides is 2. The molecule has 1 aliphatic rings. The standard InChI is InChI=1S/C23H24N4O4/c1-16(28)27-13-11-17(12-14-27)22(29)24-19-7-9-20(10-8-19)30-15-21-25-26-23(31-21)18-5-3-2-4-6-18/h2-10,17H,11-15H2,1H3,(H,24,29). The fraction of sp³-hybridized carbons (Fsp3) is 0.304. The van der Waals surface area contributed by atoms with Crippen LogP contribution in [0.15, 0.2) is 59.0 Å². The molecule has 0 radical (unpaired) electrons. The number of carbonyl (C=O) groups excluding carboxylic acids is 2. The number of hydrogen-bond donors (Lipinski definition) is 1. The second kappa shape index (κ2) is 9.42. The summed E-state index contributed by atoms with van der Waals surface area (Å²) in [4.78, 5) is 25.7. The van der Waals surface area contributed by atoms with Gasteiger partial charge in [0.1, 0.15) is 5.75 Å². The number of rotatable bonds is 6. The van der Waals surface area contributed by atoms with E-state index in [2.05, 4.69) is 15.5 Å². The van der Waals surface area contributed by atoms with Gasteiger partial charge in [-0.1, -0.05) is 18.2 Å². The SMILES string of the molecule is CC(=O)N1CCC(C(=O)Nc2ccc(OCc3nnc(-c4ccccc4)o3)cc2)CC1. The zero-order chi connectivity index (χ0) is 21.6. The Kier molecular flexibility index (Phi) is 6.26. The molecule has 8 heteroatoms. The molecule has 2 aromatic carbocycles. The second-order valence-electron chi connectivity index (χ2n) is 7.45. The van der Waals surface area contributed by atoms with E-state index in [-0.39, 0.29) is 24.3 Å². The van der Waals surface area contributed by atoms with Gasteiger partial charge in [0.15, 0.2) is 6.61 Å². The summed E-state index contributed by atoms with van der Waals surface area (Å²) in [6, 6.07) is 16.7. The summed E-state index contributed by atoms with van der Waals surface area (Å²) in [5.74, 6) is 1.43. The van der Waals surface area contributed by atoms with Crippen LogP contribution in [0.2, 0.25) is 0 Å². The van der Waals surface area contributed by atoms with Gasteiger partial charge in [-0.15, -0.1) is 10.2 Å². The van der Waals surface area contributed by atoms with Gasteiger partial charge in [-0.05, 0) is 49.2 Å². The molecule has 1 saturated heterocycles. The fourth-order valence-electron chi connectivity index (χ4n) is 3.49. The maximum absolute atomic E-state index is 12.5. The molecule has 1 fully saturated rings. The molecular formula is C23H24N4O4. The minimum absolute atomic E-state index is 0.0174. The zero-order valence-electron chi connectivity index (χ0n) is 17.3. The van der Waals surface area contributed by atoms with E-state index in [0.717, 1.165) is 5.56 Å². The average Bonchev–Trinajstić information content (AvgIpc) is 3.28. The topological polar surface area (TPSA) is 97.6 Å². The number of aromatic nitrogens is 2. The summed E-state index contributed by atoms with van der Waals surface area (Å²) >= 11 is 0. The number of nitrogens with one attached hydrogen (secondary N) is 1. The molecule has 160 valence electrons. The Labute approximate surface area is 180 Å². The smallest absolute Gasteiger partial charge is 0.254 e. The van der Waals surface area contributed by atoms with Gasteiger partial charge in [0, 0.05) is 37.2 Å². The number of piperidine rings is 1. The van der Waals surface area contributed by atoms with Crippen molar-refractivity contribution in [2.24, 2.45) is 5.92 Å². The van der Waals surface area contributed by atoms with E-state index in [1.165, 1.54) is 0 Å². The van der Waals surface area contributed by atoms with Crippen LogP contribution >= 0.6 is 0 Å². The molecule has 2 heterocycles. The highest BCUT2D eigenvalue weighted by Gasteiger charge is 2.26. The van der Waals surface area contributed by atoms with Crippen molar-refractivity contribution in [2.75, 3.05) is 18.4 Å². The summed E-state index contributed by atoms with van der Waals surface area (Å²) in [6.07, 6.45) is 1.36. The van der Waals surface area contributed by atoms with Crippen molar-refractivity contribution in [3.05, 3.63) is 60.5 Å². The first-order valence-corrected chi connectivity index (χ1v) is 10.3. The van der Waals surface area contributed by atoms with Gasteiger partial charge in [-0.2, -0.15) is 0 Å². The summed E-state index contributed by atoms with van der Waals surface area (Å²) in [5, 5.41) is 11.0. The van der Waals surface area contributed by atoms with E-state index < -0.39 is 0 Å². The van der Waals surface area contributed by atoms with Crippen molar-refractivity contribution >= 4 is 17.5 Å². The zero-order valence-corrected chi connectivity index (χ0v) is 17.3. The van der Waals surface area contributed by atoms with Gasteiger partial charge in [0.05, 0.1) is 0 Å². The number of hydrogen-bond acceptors (Lipinski definition) is 6. The molecule has 8 nitrogen and oxygen atoms in total. The Hall–Kier alpha value is -3.68. The van der Waals surface area contributed by atoms with Crippen LogP contribution in [0, 0.1) is 5.92 Å². The maximum atomic E-state index is 12.5. The lowest BCUT2D eigenvalue weighted by molar-refractivity contribution is -0.132. The molecule has 2 amide bonds. The lowest BCUT2D eigenvalue weighted by atomic mass is 9.96. The van der Waals surface area contributed by atoms with Gasteiger partial charge in [-0.3, -0.25) is 9.59 Å². The number of likely N-dealkylation sites (tertiary alicyclic amines) is 1. The van der Waals surface area contributed by atoms with Crippen LogP contribution in [0.3, 0.4) is 0 Å². The van der Waals surface area contributed by atoms with E-state index >= 15 is 0 Å². The van der Waals surface area contributed by atoms with Crippen molar-refractivity contribution < 1.29 is 18.7 Å². The highest BCUT2D eigenvalue weighted by molar-refractivity contribution is 5.92. The van der Waals surface area contributed by atoms with Crippen molar-refractivity contribution in [1.82, 2.24) is 15.1 Å². The molecule has 0 unspecified atom stereocenters. The van der Waals surface area contributed by atoms with Crippen LogP contribution in [-0.4, -0.2) is 40.0 Å². The summed E-state index contributed by atoms with van der Waals surface area (Å²) in [7, 11) is 0. The van der Waals surface area contributed by atoms with Gasteiger partial charge < -0.3 is 19.4 Å². The Morgan fingerprint density at radius 3 is 2.45 bits per heavy atom. The molecule has 1 N–H and O–H groups in total. The Balaban J connectivity index is 1.26. The van der Waals surface area contributed by atoms with Crippen LogP contribution < -0.4 is 10.1 Å². The Morgan fingerprint density at radius 2 is 1.77 bits per heavy atom. The quantitative estimate of drug-likeness (QED) is 0.655. The second-order valence-corrected chi connectivity index (χ2v) is 7.45. The van der Waals surface area contributed by atoms with E-state index in [9.17, 15) is 9.59 Å². The summed E-state index contributed by atoms with van der Waals surface area (Å²) < 4.78 is 11.3. The maximum Gasteiger partial charge on any atom is 0.254 e. The third-order valence-electron chi connectivity index (χ3n) is 5.28. The van der Waals surface area contributed by atoms with Crippen molar-refractivity contribution in [3.8, 4) is 17.2 Å². The van der Waals surface area contributed by atoms with E-state index in [1.54, 1.807) is 36.1 Å². The summed E-state index contributed by atoms with van der Waals surface area (Å²) in [6.45, 7) is 2.97. The third-order valence-corrected chi connectivity index (χ3v) is 5.28. The highest BCUT2D eigenvalue weighted by Crippen LogP contribution is 2.22. The first-order valence-electron chi connectivity index (χ1n) is 10.3. The predicted octanol–water partition coefficient (Wildman–Crippen LogP) is 3.51. The molecule has 4 rings (SSSR count).